The van der Waals surface area contributed by atoms with Crippen LogP contribution in [0.5, 0.6) is 5.75 Å². The van der Waals surface area contributed by atoms with Gasteiger partial charge in [-0.3, -0.25) is 10.2 Å². The molecule has 0 saturated heterocycles. The number of carbonyl (C=O) groups is 1. The Balaban J connectivity index is 1.78. The van der Waals surface area contributed by atoms with E-state index in [1.54, 1.807) is 0 Å². The summed E-state index contributed by atoms with van der Waals surface area (Å²) in [5.41, 5.74) is 7.59. The monoisotopic (exact) mass is 295 g/mol. The fourth-order valence-corrected chi connectivity index (χ4v) is 2.15. The Bertz CT molecular complexity index is 736. The second kappa shape index (κ2) is 5.89. The van der Waals surface area contributed by atoms with E-state index in [4.69, 9.17) is 4.74 Å². The highest BCUT2D eigenvalue weighted by molar-refractivity contribution is 6.02. The summed E-state index contributed by atoms with van der Waals surface area (Å²) in [6, 6.07) is 13.6. The lowest BCUT2D eigenvalue weighted by Gasteiger charge is -2.18. The molecule has 0 radical (unpaired) electrons. The lowest BCUT2D eigenvalue weighted by atomic mass is 10.1. The number of ether oxygens (including phenoxy) is 1. The molecule has 1 amide bonds. The predicted molar refractivity (Wildman–Crippen MR) is 87.6 cm³/mol. The molecule has 2 N–H and O–H groups in total. The van der Waals surface area contributed by atoms with Gasteiger partial charge in [-0.05, 0) is 49.7 Å². The van der Waals surface area contributed by atoms with Crippen LogP contribution in [0.25, 0.3) is 0 Å². The minimum absolute atomic E-state index is 0.0639. The normalized spacial score (nSPS) is 13.9. The number of nitrogens with one attached hydrogen (secondary N) is 2. The molecule has 0 aliphatic carbocycles. The van der Waals surface area contributed by atoms with Crippen molar-refractivity contribution in [2.24, 2.45) is 5.10 Å². The van der Waals surface area contributed by atoms with Crippen molar-refractivity contribution in [1.82, 2.24) is 0 Å². The number of benzene rings is 2. The van der Waals surface area contributed by atoms with E-state index in [9.17, 15) is 4.79 Å². The average molecular weight is 295 g/mol. The van der Waals surface area contributed by atoms with Gasteiger partial charge < -0.3 is 10.1 Å². The molecule has 2 aromatic rings. The van der Waals surface area contributed by atoms with Crippen LogP contribution in [0.4, 0.5) is 11.4 Å². The fraction of sp³-hybridized carbons (Fsp3) is 0.176. The van der Waals surface area contributed by atoms with Gasteiger partial charge in [-0.1, -0.05) is 17.7 Å². The highest BCUT2D eigenvalue weighted by atomic mass is 16.5. The molecule has 3 rings (SSSR count). The third kappa shape index (κ3) is 3.09. The van der Waals surface area contributed by atoms with Crippen molar-refractivity contribution in [3.8, 4) is 5.75 Å². The number of fused-ring (bicyclic) bond motifs is 1. The van der Waals surface area contributed by atoms with E-state index in [2.05, 4.69) is 15.8 Å². The number of hydrogen-bond donors (Lipinski definition) is 2. The number of nitrogens with zero attached hydrogens (tertiary/aromatic N) is 1. The largest absolute Gasteiger partial charge is 0.482 e. The Labute approximate surface area is 129 Å². The van der Waals surface area contributed by atoms with Crippen LogP contribution >= 0.6 is 0 Å². The zero-order valence-electron chi connectivity index (χ0n) is 12.5. The molecule has 0 fully saturated rings. The molecule has 2 aromatic carbocycles. The second-order valence-corrected chi connectivity index (χ2v) is 5.22. The van der Waals surface area contributed by atoms with Gasteiger partial charge >= 0.3 is 0 Å². The van der Waals surface area contributed by atoms with E-state index in [1.165, 1.54) is 5.56 Å². The van der Waals surface area contributed by atoms with Gasteiger partial charge in [0.15, 0.2) is 6.61 Å². The van der Waals surface area contributed by atoms with E-state index < -0.39 is 0 Å². The Morgan fingerprint density at radius 2 is 2.00 bits per heavy atom. The summed E-state index contributed by atoms with van der Waals surface area (Å²) in [6.07, 6.45) is 0. The number of hydrogen-bond acceptors (Lipinski definition) is 4. The molecule has 0 atom stereocenters. The molecular formula is C17H17N3O2. The van der Waals surface area contributed by atoms with Crippen LogP contribution in [0.1, 0.15) is 18.1 Å². The third-order valence-corrected chi connectivity index (χ3v) is 3.43. The van der Waals surface area contributed by atoms with Crippen LogP contribution in [-0.4, -0.2) is 18.2 Å². The quantitative estimate of drug-likeness (QED) is 0.675. The number of aryl methyl sites for hydroxylation is 1. The standard InChI is InChI=1S/C17H17N3O2/c1-11-3-6-14(7-4-11)20-19-12(2)13-5-8-16-15(9-13)18-17(21)10-22-16/h3-9,20H,10H2,1-2H3,(H,18,21)/b19-12-. The first-order valence-electron chi connectivity index (χ1n) is 7.06. The zero-order valence-corrected chi connectivity index (χ0v) is 12.5. The van der Waals surface area contributed by atoms with E-state index in [0.717, 1.165) is 17.0 Å². The summed E-state index contributed by atoms with van der Waals surface area (Å²) in [7, 11) is 0. The van der Waals surface area contributed by atoms with Gasteiger partial charge in [0, 0.05) is 0 Å². The number of rotatable bonds is 3. The molecule has 5 nitrogen and oxygen atoms in total. The minimum Gasteiger partial charge on any atom is -0.482 e. The first-order chi connectivity index (χ1) is 10.6. The topological polar surface area (TPSA) is 62.7 Å². The van der Waals surface area contributed by atoms with Crippen molar-refractivity contribution in [3.05, 3.63) is 53.6 Å². The summed E-state index contributed by atoms with van der Waals surface area (Å²) in [6.45, 7) is 4.02. The summed E-state index contributed by atoms with van der Waals surface area (Å²) in [5.74, 6) is 0.541. The highest BCUT2D eigenvalue weighted by Gasteiger charge is 2.16. The summed E-state index contributed by atoms with van der Waals surface area (Å²) in [4.78, 5) is 11.4. The molecule has 22 heavy (non-hydrogen) atoms. The average Bonchev–Trinajstić information content (AvgIpc) is 2.53. The first kappa shape index (κ1) is 14.1. The molecule has 0 unspecified atom stereocenters. The maximum absolute atomic E-state index is 11.4. The van der Waals surface area contributed by atoms with Crippen LogP contribution in [0.15, 0.2) is 47.6 Å². The summed E-state index contributed by atoms with van der Waals surface area (Å²) < 4.78 is 5.34. The number of amides is 1. The smallest absolute Gasteiger partial charge is 0.262 e. The van der Waals surface area contributed by atoms with Gasteiger partial charge in [-0.25, -0.2) is 0 Å². The van der Waals surface area contributed by atoms with Gasteiger partial charge in [0.25, 0.3) is 5.91 Å². The molecule has 1 aliphatic rings. The van der Waals surface area contributed by atoms with Crippen molar-refractivity contribution >= 4 is 23.0 Å². The van der Waals surface area contributed by atoms with Crippen molar-refractivity contribution in [2.45, 2.75) is 13.8 Å². The van der Waals surface area contributed by atoms with Gasteiger partial charge in [0.1, 0.15) is 5.75 Å². The van der Waals surface area contributed by atoms with Crippen LogP contribution in [0.3, 0.4) is 0 Å². The van der Waals surface area contributed by atoms with E-state index in [0.29, 0.717) is 11.4 Å². The number of hydrazone groups is 1. The van der Waals surface area contributed by atoms with Crippen molar-refractivity contribution in [3.63, 3.8) is 0 Å². The minimum atomic E-state index is -0.142. The first-order valence-corrected chi connectivity index (χ1v) is 7.06. The lowest BCUT2D eigenvalue weighted by Crippen LogP contribution is -2.25. The third-order valence-electron chi connectivity index (χ3n) is 3.43. The molecular weight excluding hydrogens is 278 g/mol. The molecule has 5 heteroatoms. The highest BCUT2D eigenvalue weighted by Crippen LogP contribution is 2.28. The van der Waals surface area contributed by atoms with Crippen molar-refractivity contribution in [2.75, 3.05) is 17.3 Å². The fourth-order valence-electron chi connectivity index (χ4n) is 2.15. The zero-order chi connectivity index (χ0) is 15.5. The van der Waals surface area contributed by atoms with Crippen molar-refractivity contribution < 1.29 is 9.53 Å². The second-order valence-electron chi connectivity index (χ2n) is 5.22. The molecule has 0 saturated carbocycles. The molecule has 1 aliphatic heterocycles. The maximum Gasteiger partial charge on any atom is 0.262 e. The van der Waals surface area contributed by atoms with Gasteiger partial charge in [-0.15, -0.1) is 0 Å². The molecule has 112 valence electrons. The summed E-state index contributed by atoms with van der Waals surface area (Å²) in [5, 5.41) is 7.17. The molecule has 0 aromatic heterocycles. The Morgan fingerprint density at radius 1 is 1.23 bits per heavy atom. The molecule has 1 heterocycles. The van der Waals surface area contributed by atoms with Crippen LogP contribution in [-0.2, 0) is 4.79 Å². The van der Waals surface area contributed by atoms with Crippen LogP contribution in [0, 0.1) is 6.92 Å². The van der Waals surface area contributed by atoms with Gasteiger partial charge in [0.05, 0.1) is 17.1 Å². The number of carbonyl (C=O) groups excluding carboxylic acids is 1. The molecule has 0 spiro atoms. The van der Waals surface area contributed by atoms with Gasteiger partial charge in [0.2, 0.25) is 0 Å². The lowest BCUT2D eigenvalue weighted by molar-refractivity contribution is -0.118. The van der Waals surface area contributed by atoms with Crippen LogP contribution in [0.2, 0.25) is 0 Å². The van der Waals surface area contributed by atoms with E-state index in [1.807, 2.05) is 56.3 Å². The molecule has 0 bridgehead atoms. The summed E-state index contributed by atoms with van der Waals surface area (Å²) >= 11 is 0. The van der Waals surface area contributed by atoms with E-state index in [-0.39, 0.29) is 12.5 Å². The van der Waals surface area contributed by atoms with Crippen molar-refractivity contribution in [1.29, 1.82) is 0 Å². The van der Waals surface area contributed by atoms with E-state index >= 15 is 0 Å². The number of anilines is 2. The maximum atomic E-state index is 11.4. The Kier molecular flexibility index (Phi) is 3.78. The Morgan fingerprint density at radius 3 is 2.77 bits per heavy atom. The SMILES string of the molecule is C/C(=N/Nc1ccc(C)cc1)c1ccc2c(c1)NC(=O)CO2. The predicted octanol–water partition coefficient (Wildman–Crippen LogP) is 3.16. The Hall–Kier alpha value is -2.82. The van der Waals surface area contributed by atoms with Gasteiger partial charge in [-0.2, -0.15) is 5.10 Å². The van der Waals surface area contributed by atoms with Crippen LogP contribution < -0.4 is 15.5 Å².